The van der Waals surface area contributed by atoms with Gasteiger partial charge >= 0.3 is 0 Å². The van der Waals surface area contributed by atoms with Crippen LogP contribution in [-0.2, 0) is 4.43 Å². The van der Waals surface area contributed by atoms with Gasteiger partial charge in [-0.3, -0.25) is 0 Å². The van der Waals surface area contributed by atoms with E-state index in [0.29, 0.717) is 28.5 Å². The summed E-state index contributed by atoms with van der Waals surface area (Å²) >= 11 is 0. The van der Waals surface area contributed by atoms with Crippen LogP contribution in [-0.4, -0.2) is 8.32 Å². The third-order valence-electron chi connectivity index (χ3n) is 7.23. The Bertz CT molecular complexity index is 503. The third-order valence-corrected chi connectivity index (χ3v) is 13.2. The molecule has 0 radical (unpaired) electrons. The fourth-order valence-electron chi connectivity index (χ4n) is 5.96. The molecule has 25 heavy (non-hydrogen) atoms. The van der Waals surface area contributed by atoms with Gasteiger partial charge in [-0.25, -0.2) is 0 Å². The summed E-state index contributed by atoms with van der Waals surface area (Å²) in [5.41, 5.74) is 1.96. The van der Waals surface area contributed by atoms with Crippen LogP contribution in [0.3, 0.4) is 0 Å². The second-order valence-electron chi connectivity index (χ2n) is 9.46. The zero-order valence-corrected chi connectivity index (χ0v) is 18.7. The van der Waals surface area contributed by atoms with Gasteiger partial charge in [0.15, 0.2) is 0 Å². The molecule has 1 fully saturated rings. The molecular formula is C23H40OSi. The van der Waals surface area contributed by atoms with E-state index in [2.05, 4.69) is 60.5 Å². The lowest BCUT2D eigenvalue weighted by Gasteiger charge is -2.45. The van der Waals surface area contributed by atoms with Crippen LogP contribution in [0.25, 0.3) is 0 Å². The van der Waals surface area contributed by atoms with E-state index in [0.717, 1.165) is 6.42 Å². The van der Waals surface area contributed by atoms with E-state index < -0.39 is 8.32 Å². The first kappa shape index (κ1) is 20.6. The maximum absolute atomic E-state index is 7.12. The fourth-order valence-corrected chi connectivity index (χ4v) is 11.3. The van der Waals surface area contributed by atoms with Gasteiger partial charge in [0.25, 0.3) is 8.32 Å². The summed E-state index contributed by atoms with van der Waals surface area (Å²) in [6, 6.07) is 0. The molecule has 3 aliphatic carbocycles. The summed E-state index contributed by atoms with van der Waals surface area (Å²) in [5.74, 6) is 5.70. The molecule has 0 heterocycles. The number of hydrogen-bond donors (Lipinski definition) is 0. The molecule has 3 aliphatic rings. The highest BCUT2D eigenvalue weighted by Crippen LogP contribution is 2.53. The Kier molecular flexibility index (Phi) is 6.53. The topological polar surface area (TPSA) is 9.23 Å². The summed E-state index contributed by atoms with van der Waals surface area (Å²) in [6.07, 6.45) is 15.8. The van der Waals surface area contributed by atoms with Crippen LogP contribution < -0.4 is 0 Å². The van der Waals surface area contributed by atoms with Crippen LogP contribution in [0.2, 0.25) is 16.6 Å². The summed E-state index contributed by atoms with van der Waals surface area (Å²) in [4.78, 5) is 0. The minimum absolute atomic E-state index is 0.0757. The largest absolute Gasteiger partial charge is 0.546 e. The van der Waals surface area contributed by atoms with Crippen molar-refractivity contribution in [2.24, 2.45) is 17.3 Å². The summed E-state index contributed by atoms with van der Waals surface area (Å²) < 4.78 is 7.12. The van der Waals surface area contributed by atoms with Crippen LogP contribution in [0.15, 0.2) is 11.8 Å². The van der Waals surface area contributed by atoms with E-state index in [1.165, 1.54) is 37.9 Å². The zero-order valence-electron chi connectivity index (χ0n) is 17.7. The zero-order chi connectivity index (χ0) is 18.8. The van der Waals surface area contributed by atoms with Gasteiger partial charge in [0.2, 0.25) is 0 Å². The Morgan fingerprint density at radius 3 is 2.20 bits per heavy atom. The molecular weight excluding hydrogens is 320 g/mol. The van der Waals surface area contributed by atoms with Gasteiger partial charge in [-0.1, -0.05) is 60.8 Å². The second-order valence-corrected chi connectivity index (χ2v) is 14.8. The van der Waals surface area contributed by atoms with Crippen molar-refractivity contribution in [1.82, 2.24) is 0 Å². The van der Waals surface area contributed by atoms with Gasteiger partial charge in [-0.05, 0) is 60.7 Å². The van der Waals surface area contributed by atoms with Gasteiger partial charge in [-0.15, -0.1) is 6.42 Å². The van der Waals surface area contributed by atoms with E-state index in [9.17, 15) is 0 Å². The summed E-state index contributed by atoms with van der Waals surface area (Å²) in [7, 11) is -1.87. The van der Waals surface area contributed by atoms with Crippen LogP contribution >= 0.6 is 0 Å². The SMILES string of the molecule is C#C[C@@]1(CCC)CC[C@H]2CC[C@@H]1C=C2O[Si](C(C)C)(C(C)C)C(C)C. The van der Waals surface area contributed by atoms with Gasteiger partial charge in [0, 0.05) is 11.3 Å². The Hall–Kier alpha value is -0.683. The second kappa shape index (κ2) is 7.91. The number of allylic oxidation sites excluding steroid dienone is 2. The lowest BCUT2D eigenvalue weighted by Crippen LogP contribution is -2.48. The Morgan fingerprint density at radius 2 is 1.72 bits per heavy atom. The fraction of sp³-hybridized carbons (Fsp3) is 0.826. The van der Waals surface area contributed by atoms with E-state index in [1.807, 2.05) is 0 Å². The quantitative estimate of drug-likeness (QED) is 0.342. The highest BCUT2D eigenvalue weighted by Gasteiger charge is 2.50. The first-order chi connectivity index (χ1) is 11.7. The lowest BCUT2D eigenvalue weighted by molar-refractivity contribution is 0.240. The van der Waals surface area contributed by atoms with Crippen LogP contribution in [0.4, 0.5) is 0 Å². The number of rotatable bonds is 7. The minimum atomic E-state index is -1.87. The predicted molar refractivity (Wildman–Crippen MR) is 112 cm³/mol. The molecule has 1 saturated carbocycles. The average molecular weight is 361 g/mol. The van der Waals surface area contributed by atoms with Crippen molar-refractivity contribution in [3.63, 3.8) is 0 Å². The Balaban J connectivity index is 2.39. The molecule has 0 spiro atoms. The van der Waals surface area contributed by atoms with Crippen molar-refractivity contribution < 1.29 is 4.43 Å². The van der Waals surface area contributed by atoms with Crippen molar-refractivity contribution in [3.8, 4) is 12.3 Å². The monoisotopic (exact) mass is 360 g/mol. The number of fused-ring (bicyclic) bond motifs is 3. The van der Waals surface area contributed by atoms with E-state index in [4.69, 9.17) is 10.8 Å². The molecule has 0 saturated heterocycles. The van der Waals surface area contributed by atoms with Crippen molar-refractivity contribution in [1.29, 1.82) is 0 Å². The molecule has 0 unspecified atom stereocenters. The molecule has 3 atom stereocenters. The highest BCUT2D eigenvalue weighted by atomic mass is 28.4. The first-order valence-electron chi connectivity index (χ1n) is 10.6. The molecule has 2 bridgehead atoms. The number of terminal acetylenes is 1. The highest BCUT2D eigenvalue weighted by molar-refractivity contribution is 6.77. The summed E-state index contributed by atoms with van der Waals surface area (Å²) in [6.45, 7) is 16.5. The Labute approximate surface area is 158 Å². The van der Waals surface area contributed by atoms with Crippen molar-refractivity contribution in [2.75, 3.05) is 0 Å². The van der Waals surface area contributed by atoms with Crippen LogP contribution in [0, 0.1) is 29.6 Å². The molecule has 0 aromatic carbocycles. The molecule has 1 nitrogen and oxygen atoms in total. The molecule has 0 amide bonds. The van der Waals surface area contributed by atoms with Crippen LogP contribution in [0.1, 0.15) is 87.0 Å². The first-order valence-corrected chi connectivity index (χ1v) is 12.8. The molecule has 142 valence electrons. The smallest absolute Gasteiger partial charge is 0.258 e. The molecule has 0 N–H and O–H groups in total. The molecule has 0 aliphatic heterocycles. The van der Waals surface area contributed by atoms with Crippen molar-refractivity contribution in [3.05, 3.63) is 11.8 Å². The molecule has 0 aromatic heterocycles. The average Bonchev–Trinajstić information content (AvgIpc) is 2.80. The Morgan fingerprint density at radius 1 is 1.12 bits per heavy atom. The summed E-state index contributed by atoms with van der Waals surface area (Å²) in [5, 5.41) is 0. The maximum Gasteiger partial charge on any atom is 0.258 e. The minimum Gasteiger partial charge on any atom is -0.546 e. The van der Waals surface area contributed by atoms with Gasteiger partial charge in [0.05, 0.1) is 5.76 Å². The molecule has 3 rings (SSSR count). The maximum atomic E-state index is 7.12. The van der Waals surface area contributed by atoms with E-state index >= 15 is 0 Å². The van der Waals surface area contributed by atoms with Gasteiger partial charge in [-0.2, -0.15) is 0 Å². The normalized spacial score (nSPS) is 29.7. The third kappa shape index (κ3) is 3.59. The van der Waals surface area contributed by atoms with Crippen molar-refractivity contribution in [2.45, 2.75) is 104 Å². The number of hydrogen-bond acceptors (Lipinski definition) is 1. The van der Waals surface area contributed by atoms with Gasteiger partial charge < -0.3 is 4.43 Å². The van der Waals surface area contributed by atoms with Crippen LogP contribution in [0.5, 0.6) is 0 Å². The predicted octanol–water partition coefficient (Wildman–Crippen LogP) is 7.30. The van der Waals surface area contributed by atoms with E-state index in [-0.39, 0.29) is 5.41 Å². The standard InChI is InChI=1S/C23H40OSi/c1-9-14-23(10-2)15-13-20-11-12-21(23)16-22(20)24-25(17(3)4,18(5)6)19(7)8/h2,16-21H,9,11-15H2,1,3-8H3/t20-,21-,23-/m1/s1. The van der Waals surface area contributed by atoms with E-state index in [1.54, 1.807) is 0 Å². The molecule has 0 aromatic rings. The van der Waals surface area contributed by atoms with Gasteiger partial charge in [0.1, 0.15) is 0 Å². The lowest BCUT2D eigenvalue weighted by atomic mass is 9.69. The molecule has 2 heteroatoms. The van der Waals surface area contributed by atoms with Crippen molar-refractivity contribution >= 4 is 8.32 Å².